The van der Waals surface area contributed by atoms with Crippen molar-refractivity contribution in [2.75, 3.05) is 0 Å². The Kier molecular flexibility index (Phi) is 3.54. The van der Waals surface area contributed by atoms with Gasteiger partial charge in [-0.3, -0.25) is 0 Å². The van der Waals surface area contributed by atoms with Gasteiger partial charge in [0.05, 0.1) is 0 Å². The largest absolute Gasteiger partial charge is 0.328 e. The third-order valence-corrected chi connectivity index (χ3v) is 4.48. The molecule has 0 amide bonds. The summed E-state index contributed by atoms with van der Waals surface area (Å²) in [6.45, 7) is 0. The van der Waals surface area contributed by atoms with Gasteiger partial charge in [-0.25, -0.2) is 0 Å². The number of nitrogens with two attached hydrogens (primary N) is 2. The maximum absolute atomic E-state index is 6.47. The van der Waals surface area contributed by atoms with Gasteiger partial charge in [-0.1, -0.05) is 36.4 Å². The molecular formula is C17H22N2. The number of hydrogen-bond donors (Lipinski definition) is 2. The van der Waals surface area contributed by atoms with Gasteiger partial charge in [0.15, 0.2) is 0 Å². The Morgan fingerprint density at radius 2 is 1.58 bits per heavy atom. The maximum atomic E-state index is 6.47. The smallest absolute Gasteiger partial charge is 0.0323 e. The number of benzene rings is 2. The molecule has 1 unspecified atom stereocenters. The molecule has 4 N–H and O–H groups in total. The first-order valence-corrected chi connectivity index (χ1v) is 7.24. The van der Waals surface area contributed by atoms with Gasteiger partial charge in [0.1, 0.15) is 0 Å². The van der Waals surface area contributed by atoms with Crippen molar-refractivity contribution in [2.45, 2.75) is 37.8 Å². The minimum Gasteiger partial charge on any atom is -0.328 e. The lowest BCUT2D eigenvalue weighted by atomic mass is 9.79. The average molecular weight is 254 g/mol. The second kappa shape index (κ2) is 5.32. The van der Waals surface area contributed by atoms with Gasteiger partial charge in [-0.05, 0) is 54.0 Å². The molecule has 0 bridgehead atoms. The molecule has 0 aliphatic heterocycles. The molecule has 19 heavy (non-hydrogen) atoms. The summed E-state index contributed by atoms with van der Waals surface area (Å²) in [7, 11) is 0. The summed E-state index contributed by atoms with van der Waals surface area (Å²) >= 11 is 0. The molecule has 1 aliphatic carbocycles. The summed E-state index contributed by atoms with van der Waals surface area (Å²) in [6.07, 6.45) is 4.56. The minimum absolute atomic E-state index is 0.150. The van der Waals surface area contributed by atoms with Gasteiger partial charge in [0, 0.05) is 12.1 Å². The first-order chi connectivity index (χ1) is 9.24. The molecule has 0 spiro atoms. The van der Waals surface area contributed by atoms with Crippen LogP contribution in [0.3, 0.4) is 0 Å². The fourth-order valence-electron chi connectivity index (χ4n) is 3.19. The van der Waals surface area contributed by atoms with E-state index in [2.05, 4.69) is 42.5 Å². The van der Waals surface area contributed by atoms with Gasteiger partial charge in [-0.15, -0.1) is 0 Å². The van der Waals surface area contributed by atoms with Gasteiger partial charge in [0.25, 0.3) is 0 Å². The van der Waals surface area contributed by atoms with Crippen molar-refractivity contribution in [1.29, 1.82) is 0 Å². The Labute approximate surface area is 114 Å². The quantitative estimate of drug-likeness (QED) is 0.863. The number of hydrogen-bond acceptors (Lipinski definition) is 2. The topological polar surface area (TPSA) is 52.0 Å². The molecule has 1 aliphatic rings. The van der Waals surface area contributed by atoms with Gasteiger partial charge < -0.3 is 11.5 Å². The van der Waals surface area contributed by atoms with Gasteiger partial charge in [0.2, 0.25) is 0 Å². The Hall–Kier alpha value is -1.38. The molecule has 0 radical (unpaired) electrons. The predicted octanol–water partition coefficient (Wildman–Crippen LogP) is 3.36. The van der Waals surface area contributed by atoms with Gasteiger partial charge >= 0.3 is 0 Å². The molecule has 3 rings (SSSR count). The van der Waals surface area contributed by atoms with Crippen molar-refractivity contribution >= 4 is 10.8 Å². The zero-order chi connectivity index (χ0) is 13.2. The lowest BCUT2D eigenvalue weighted by molar-refractivity contribution is 0.285. The fraction of sp³-hybridized carbons (Fsp3) is 0.412. The van der Waals surface area contributed by atoms with Crippen LogP contribution in [0.2, 0.25) is 0 Å². The van der Waals surface area contributed by atoms with E-state index < -0.39 is 0 Å². The minimum atomic E-state index is 0.150. The van der Waals surface area contributed by atoms with E-state index in [1.165, 1.54) is 16.3 Å². The van der Waals surface area contributed by atoms with E-state index in [1.54, 1.807) is 0 Å². The summed E-state index contributed by atoms with van der Waals surface area (Å²) in [5, 5.41) is 2.56. The molecule has 2 nitrogen and oxygen atoms in total. The Balaban J connectivity index is 1.83. The van der Waals surface area contributed by atoms with Crippen LogP contribution >= 0.6 is 0 Å². The number of rotatable bonds is 2. The average Bonchev–Trinajstić information content (AvgIpc) is 2.47. The first kappa shape index (κ1) is 12.6. The van der Waals surface area contributed by atoms with E-state index in [0.717, 1.165) is 25.7 Å². The Morgan fingerprint density at radius 3 is 2.32 bits per heavy atom. The summed E-state index contributed by atoms with van der Waals surface area (Å²) < 4.78 is 0. The van der Waals surface area contributed by atoms with E-state index >= 15 is 0 Å². The van der Waals surface area contributed by atoms with Crippen molar-refractivity contribution in [2.24, 2.45) is 17.4 Å². The summed E-state index contributed by atoms with van der Waals surface area (Å²) in [6, 6.07) is 15.6. The van der Waals surface area contributed by atoms with Crippen LogP contribution in [0.4, 0.5) is 0 Å². The van der Waals surface area contributed by atoms with Crippen molar-refractivity contribution in [3.8, 4) is 0 Å². The van der Waals surface area contributed by atoms with Crippen LogP contribution in [-0.4, -0.2) is 6.04 Å². The normalized spacial score (nSPS) is 25.4. The van der Waals surface area contributed by atoms with Crippen LogP contribution < -0.4 is 11.5 Å². The second-order valence-electron chi connectivity index (χ2n) is 5.81. The van der Waals surface area contributed by atoms with Crippen molar-refractivity contribution in [3.05, 3.63) is 48.0 Å². The third-order valence-electron chi connectivity index (χ3n) is 4.48. The molecule has 1 atom stereocenters. The van der Waals surface area contributed by atoms with E-state index in [4.69, 9.17) is 11.5 Å². The standard InChI is InChI=1S/C17H22N2/c18-16-9-7-13(8-10-16)17(19)15-6-5-12-3-1-2-4-14(12)11-15/h1-6,11,13,16-17H,7-10,18-19H2. The van der Waals surface area contributed by atoms with Gasteiger partial charge in [-0.2, -0.15) is 0 Å². The zero-order valence-electron chi connectivity index (χ0n) is 11.3. The molecular weight excluding hydrogens is 232 g/mol. The van der Waals surface area contributed by atoms with Crippen molar-refractivity contribution in [1.82, 2.24) is 0 Å². The van der Waals surface area contributed by atoms with Crippen molar-refractivity contribution in [3.63, 3.8) is 0 Å². The lowest BCUT2D eigenvalue weighted by Gasteiger charge is -2.30. The maximum Gasteiger partial charge on any atom is 0.0323 e. The first-order valence-electron chi connectivity index (χ1n) is 7.24. The molecule has 1 fully saturated rings. The summed E-state index contributed by atoms with van der Waals surface area (Å²) in [5.74, 6) is 0.584. The SMILES string of the molecule is NC1CCC(C(N)c2ccc3ccccc3c2)CC1. The van der Waals surface area contributed by atoms with E-state index in [9.17, 15) is 0 Å². The Morgan fingerprint density at radius 1 is 0.895 bits per heavy atom. The molecule has 100 valence electrons. The van der Waals surface area contributed by atoms with E-state index in [0.29, 0.717) is 12.0 Å². The number of fused-ring (bicyclic) bond motifs is 1. The van der Waals surface area contributed by atoms with Crippen LogP contribution in [0.1, 0.15) is 37.3 Å². The predicted molar refractivity (Wildman–Crippen MR) is 80.8 cm³/mol. The summed E-state index contributed by atoms with van der Waals surface area (Å²) in [4.78, 5) is 0. The summed E-state index contributed by atoms with van der Waals surface area (Å²) in [5.41, 5.74) is 13.7. The molecule has 0 aromatic heterocycles. The molecule has 2 aromatic rings. The third kappa shape index (κ3) is 2.65. The lowest BCUT2D eigenvalue weighted by Crippen LogP contribution is -2.31. The second-order valence-corrected chi connectivity index (χ2v) is 5.81. The molecule has 0 saturated heterocycles. The molecule has 2 heteroatoms. The molecule has 0 heterocycles. The van der Waals surface area contributed by atoms with Crippen LogP contribution in [0.25, 0.3) is 10.8 Å². The van der Waals surface area contributed by atoms with Crippen molar-refractivity contribution < 1.29 is 0 Å². The monoisotopic (exact) mass is 254 g/mol. The van der Waals surface area contributed by atoms with Crippen LogP contribution in [-0.2, 0) is 0 Å². The molecule has 1 saturated carbocycles. The highest BCUT2D eigenvalue weighted by molar-refractivity contribution is 5.83. The Bertz CT molecular complexity index is 556. The highest BCUT2D eigenvalue weighted by Gasteiger charge is 2.24. The van der Waals surface area contributed by atoms with Crippen LogP contribution in [0.5, 0.6) is 0 Å². The van der Waals surface area contributed by atoms with E-state index in [1.807, 2.05) is 0 Å². The zero-order valence-corrected chi connectivity index (χ0v) is 11.3. The van der Waals surface area contributed by atoms with Crippen LogP contribution in [0.15, 0.2) is 42.5 Å². The fourth-order valence-corrected chi connectivity index (χ4v) is 3.19. The highest BCUT2D eigenvalue weighted by atomic mass is 14.7. The highest BCUT2D eigenvalue weighted by Crippen LogP contribution is 2.33. The van der Waals surface area contributed by atoms with Crippen LogP contribution in [0, 0.1) is 5.92 Å². The van der Waals surface area contributed by atoms with E-state index in [-0.39, 0.29) is 6.04 Å². The molecule has 2 aromatic carbocycles.